The maximum absolute atomic E-state index is 12.0. The molecule has 0 bridgehead atoms. The second-order valence-corrected chi connectivity index (χ2v) is 7.56. The van der Waals surface area contributed by atoms with Gasteiger partial charge in [0.1, 0.15) is 0 Å². The van der Waals surface area contributed by atoms with E-state index in [1.165, 1.54) is 24.8 Å². The SMILES string of the molecule is COC(=O)c1ccc(NC(=O)C(=O)NCCCCN2CCOC(c3ccccc3)C2)cc1. The van der Waals surface area contributed by atoms with Crippen molar-refractivity contribution in [2.45, 2.75) is 18.9 Å². The number of anilines is 1. The molecule has 1 unspecified atom stereocenters. The third kappa shape index (κ3) is 6.90. The minimum absolute atomic E-state index is 0.0926. The van der Waals surface area contributed by atoms with E-state index in [-0.39, 0.29) is 6.10 Å². The number of carbonyl (C=O) groups is 3. The van der Waals surface area contributed by atoms with Gasteiger partial charge in [-0.1, -0.05) is 30.3 Å². The van der Waals surface area contributed by atoms with Crippen molar-refractivity contribution in [3.63, 3.8) is 0 Å². The maximum atomic E-state index is 12.0. The molecule has 0 aliphatic carbocycles. The molecule has 8 heteroatoms. The molecule has 8 nitrogen and oxygen atoms in total. The van der Waals surface area contributed by atoms with E-state index in [9.17, 15) is 14.4 Å². The van der Waals surface area contributed by atoms with E-state index < -0.39 is 17.8 Å². The van der Waals surface area contributed by atoms with Gasteiger partial charge < -0.3 is 20.1 Å². The predicted octanol–water partition coefficient (Wildman–Crippen LogP) is 2.38. The number of rotatable bonds is 8. The van der Waals surface area contributed by atoms with Crippen molar-refractivity contribution in [2.24, 2.45) is 0 Å². The highest BCUT2D eigenvalue weighted by Crippen LogP contribution is 2.22. The Balaban J connectivity index is 1.32. The van der Waals surface area contributed by atoms with E-state index >= 15 is 0 Å². The Morgan fingerprint density at radius 1 is 1.03 bits per heavy atom. The van der Waals surface area contributed by atoms with Crippen molar-refractivity contribution in [1.29, 1.82) is 0 Å². The number of morpholine rings is 1. The zero-order valence-electron chi connectivity index (χ0n) is 18.2. The van der Waals surface area contributed by atoms with Gasteiger partial charge in [0.2, 0.25) is 0 Å². The quantitative estimate of drug-likeness (QED) is 0.372. The number of hydrogen-bond acceptors (Lipinski definition) is 6. The molecular weight excluding hydrogens is 410 g/mol. The highest BCUT2D eigenvalue weighted by molar-refractivity contribution is 6.39. The van der Waals surface area contributed by atoms with E-state index in [2.05, 4.69) is 32.4 Å². The molecule has 1 fully saturated rings. The van der Waals surface area contributed by atoms with Gasteiger partial charge in [0, 0.05) is 25.3 Å². The van der Waals surface area contributed by atoms with Crippen molar-refractivity contribution >= 4 is 23.5 Å². The Morgan fingerprint density at radius 2 is 1.78 bits per heavy atom. The lowest BCUT2D eigenvalue weighted by Crippen LogP contribution is -2.39. The van der Waals surface area contributed by atoms with Gasteiger partial charge >= 0.3 is 17.8 Å². The zero-order chi connectivity index (χ0) is 22.8. The van der Waals surface area contributed by atoms with Gasteiger partial charge in [0.15, 0.2) is 0 Å². The second kappa shape index (κ2) is 12.0. The van der Waals surface area contributed by atoms with E-state index in [0.29, 0.717) is 24.4 Å². The molecule has 3 rings (SSSR count). The number of hydrogen-bond donors (Lipinski definition) is 2. The maximum Gasteiger partial charge on any atom is 0.337 e. The van der Waals surface area contributed by atoms with Crippen molar-refractivity contribution in [3.8, 4) is 0 Å². The summed E-state index contributed by atoms with van der Waals surface area (Å²) in [6.45, 7) is 3.80. The average molecular weight is 440 g/mol. The summed E-state index contributed by atoms with van der Waals surface area (Å²) in [6, 6.07) is 16.3. The van der Waals surface area contributed by atoms with Crippen molar-refractivity contribution in [2.75, 3.05) is 45.2 Å². The van der Waals surface area contributed by atoms with Crippen LogP contribution in [0.3, 0.4) is 0 Å². The number of methoxy groups -OCH3 is 1. The topological polar surface area (TPSA) is 97.0 Å². The molecule has 2 aromatic carbocycles. The largest absolute Gasteiger partial charge is 0.465 e. The van der Waals surface area contributed by atoms with Crippen molar-refractivity contribution in [1.82, 2.24) is 10.2 Å². The van der Waals surface area contributed by atoms with Crippen LogP contribution in [-0.4, -0.2) is 62.6 Å². The van der Waals surface area contributed by atoms with Crippen LogP contribution in [0.5, 0.6) is 0 Å². The number of ether oxygens (including phenoxy) is 2. The van der Waals surface area contributed by atoms with Crippen molar-refractivity contribution in [3.05, 3.63) is 65.7 Å². The Hall–Kier alpha value is -3.23. The molecule has 2 N–H and O–H groups in total. The van der Waals surface area contributed by atoms with Gasteiger partial charge in [0.05, 0.1) is 25.4 Å². The van der Waals surface area contributed by atoms with Gasteiger partial charge in [-0.25, -0.2) is 4.79 Å². The summed E-state index contributed by atoms with van der Waals surface area (Å²) in [5.41, 5.74) is 1.99. The summed E-state index contributed by atoms with van der Waals surface area (Å²) >= 11 is 0. The van der Waals surface area contributed by atoms with Crippen LogP contribution < -0.4 is 10.6 Å². The number of unbranched alkanes of at least 4 members (excludes halogenated alkanes) is 1. The summed E-state index contributed by atoms with van der Waals surface area (Å²) in [6.07, 6.45) is 1.79. The first-order chi connectivity index (χ1) is 15.6. The van der Waals surface area contributed by atoms with Crippen LogP contribution in [0.2, 0.25) is 0 Å². The molecule has 1 atom stereocenters. The van der Waals surface area contributed by atoms with Crippen LogP contribution in [0.25, 0.3) is 0 Å². The molecule has 1 saturated heterocycles. The fourth-order valence-corrected chi connectivity index (χ4v) is 3.51. The number of esters is 1. The number of amides is 2. The summed E-state index contributed by atoms with van der Waals surface area (Å²) in [7, 11) is 1.30. The minimum atomic E-state index is -0.741. The van der Waals surface area contributed by atoms with E-state index in [1.807, 2.05) is 18.2 Å². The number of nitrogens with one attached hydrogen (secondary N) is 2. The first-order valence-corrected chi connectivity index (χ1v) is 10.7. The fourth-order valence-electron chi connectivity index (χ4n) is 3.51. The standard InChI is InChI=1S/C24H29N3O5/c1-31-24(30)19-9-11-20(12-10-19)26-23(29)22(28)25-13-5-6-14-27-15-16-32-21(17-27)18-7-3-2-4-8-18/h2-4,7-12,21H,5-6,13-17H2,1H3,(H,25,28)(H,26,29). The highest BCUT2D eigenvalue weighted by Gasteiger charge is 2.21. The fraction of sp³-hybridized carbons (Fsp3) is 0.375. The van der Waals surface area contributed by atoms with Crippen molar-refractivity contribution < 1.29 is 23.9 Å². The summed E-state index contributed by atoms with van der Waals surface area (Å²) < 4.78 is 10.5. The first-order valence-electron chi connectivity index (χ1n) is 10.7. The highest BCUT2D eigenvalue weighted by atomic mass is 16.5. The molecule has 170 valence electrons. The van der Waals surface area contributed by atoms with Crippen LogP contribution in [0.4, 0.5) is 5.69 Å². The molecule has 0 saturated carbocycles. The number of carbonyl (C=O) groups excluding carboxylic acids is 3. The first kappa shape index (κ1) is 23.4. The van der Waals surface area contributed by atoms with Crippen LogP contribution in [-0.2, 0) is 19.1 Å². The lowest BCUT2D eigenvalue weighted by atomic mass is 10.1. The van der Waals surface area contributed by atoms with Crippen LogP contribution >= 0.6 is 0 Å². The normalized spacial score (nSPS) is 16.2. The summed E-state index contributed by atoms with van der Waals surface area (Å²) in [4.78, 5) is 37.8. The monoisotopic (exact) mass is 439 g/mol. The Labute approximate surface area is 187 Å². The third-order valence-corrected chi connectivity index (χ3v) is 5.28. The van der Waals surface area contributed by atoms with Crippen LogP contribution in [0.1, 0.15) is 34.9 Å². The second-order valence-electron chi connectivity index (χ2n) is 7.56. The molecule has 2 aromatic rings. The molecular formula is C24H29N3O5. The smallest absolute Gasteiger partial charge is 0.337 e. The predicted molar refractivity (Wildman–Crippen MR) is 120 cm³/mol. The van der Waals surface area contributed by atoms with Gasteiger partial charge in [0.25, 0.3) is 0 Å². The molecule has 0 spiro atoms. The minimum Gasteiger partial charge on any atom is -0.465 e. The molecule has 1 aliphatic heterocycles. The molecule has 1 aliphatic rings. The Bertz CT molecular complexity index is 902. The van der Waals surface area contributed by atoms with Gasteiger partial charge in [-0.15, -0.1) is 0 Å². The van der Waals surface area contributed by atoms with Crippen LogP contribution in [0.15, 0.2) is 54.6 Å². The zero-order valence-corrected chi connectivity index (χ0v) is 18.2. The lowest BCUT2D eigenvalue weighted by molar-refractivity contribution is -0.136. The van der Waals surface area contributed by atoms with E-state index in [4.69, 9.17) is 4.74 Å². The lowest BCUT2D eigenvalue weighted by Gasteiger charge is -2.33. The number of nitrogens with zero attached hydrogens (tertiary/aromatic N) is 1. The molecule has 32 heavy (non-hydrogen) atoms. The van der Waals surface area contributed by atoms with Gasteiger partial charge in [-0.05, 0) is 49.2 Å². The van der Waals surface area contributed by atoms with Gasteiger partial charge in [-0.3, -0.25) is 14.5 Å². The summed E-state index contributed by atoms with van der Waals surface area (Å²) in [5.74, 6) is -1.89. The summed E-state index contributed by atoms with van der Waals surface area (Å²) in [5, 5.41) is 5.16. The molecule has 2 amide bonds. The molecule has 0 radical (unpaired) electrons. The Morgan fingerprint density at radius 3 is 2.50 bits per heavy atom. The third-order valence-electron chi connectivity index (χ3n) is 5.28. The number of benzene rings is 2. The average Bonchev–Trinajstić information content (AvgIpc) is 2.84. The van der Waals surface area contributed by atoms with E-state index in [0.717, 1.165) is 32.5 Å². The Kier molecular flexibility index (Phi) is 8.77. The van der Waals surface area contributed by atoms with E-state index in [1.54, 1.807) is 12.1 Å². The van der Waals surface area contributed by atoms with Crippen LogP contribution in [0, 0.1) is 0 Å². The van der Waals surface area contributed by atoms with Gasteiger partial charge in [-0.2, -0.15) is 0 Å². The molecule has 0 aromatic heterocycles. The molecule has 1 heterocycles.